The van der Waals surface area contributed by atoms with Gasteiger partial charge in [0.1, 0.15) is 0 Å². The highest BCUT2D eigenvalue weighted by atomic mass is 16.5. The minimum Gasteiger partial charge on any atom is -0.481 e. The van der Waals surface area contributed by atoms with E-state index in [1.54, 1.807) is 4.90 Å². The number of carboxylic acid groups (broad SMARTS) is 1. The van der Waals surface area contributed by atoms with Crippen molar-refractivity contribution in [3.05, 3.63) is 0 Å². The molecular weight excluding hydrogens is 1630 g/mol. The Bertz CT molecular complexity index is 3630. The van der Waals surface area contributed by atoms with Crippen molar-refractivity contribution >= 4 is 71.0 Å². The number of esters is 1. The number of likely N-dealkylation sites (tertiary alicyclic amines) is 8. The summed E-state index contributed by atoms with van der Waals surface area (Å²) in [5.41, 5.74) is 0. The van der Waals surface area contributed by atoms with Crippen molar-refractivity contribution in [1.29, 1.82) is 0 Å². The van der Waals surface area contributed by atoms with Crippen LogP contribution in [-0.4, -0.2) is 249 Å². The maximum Gasteiger partial charge on any atom is 0.310 e. The van der Waals surface area contributed by atoms with E-state index in [9.17, 15) is 57.5 Å². The van der Waals surface area contributed by atoms with Gasteiger partial charge >= 0.3 is 11.9 Å². The number of hydrogen-bond donors (Lipinski definition) is 2. The molecule has 8 heterocycles. The van der Waals surface area contributed by atoms with Gasteiger partial charge in [0.25, 0.3) is 0 Å². The van der Waals surface area contributed by atoms with Crippen molar-refractivity contribution in [2.75, 3.05) is 92.7 Å². The van der Waals surface area contributed by atoms with Crippen molar-refractivity contribution in [3.63, 3.8) is 0 Å². The largest absolute Gasteiger partial charge is 0.481 e. The number of carboxylic acids is 1. The minimum atomic E-state index is -0.833. The van der Waals surface area contributed by atoms with E-state index in [0.29, 0.717) is 227 Å². The molecule has 24 unspecified atom stereocenters. The van der Waals surface area contributed by atoms with Crippen LogP contribution in [0.15, 0.2) is 0 Å². The maximum atomic E-state index is 12.6. The lowest BCUT2D eigenvalue weighted by molar-refractivity contribution is -0.145. The van der Waals surface area contributed by atoms with E-state index in [2.05, 4.69) is 154 Å². The summed E-state index contributed by atoms with van der Waals surface area (Å²) in [6.07, 6.45) is 26.8. The second kappa shape index (κ2) is 48.7. The molecule has 2 N–H and O–H groups in total. The number of nitrogens with zero attached hydrogens (tertiary/aromatic N) is 9. The molecule has 734 valence electrons. The number of ether oxygens (including phenoxy) is 1. The monoisotopic (exact) mass is 1810 g/mol. The van der Waals surface area contributed by atoms with Gasteiger partial charge in [-0.1, -0.05) is 177 Å². The Balaban J connectivity index is 0.000000175. The first kappa shape index (κ1) is 106. The highest BCUT2D eigenvalue weighted by Gasteiger charge is 2.51. The van der Waals surface area contributed by atoms with Gasteiger partial charge in [-0.2, -0.15) is 0 Å². The number of carbonyl (C=O) groups excluding carboxylic acids is 11. The van der Waals surface area contributed by atoms with Gasteiger partial charge < -0.3 is 59.3 Å². The van der Waals surface area contributed by atoms with Gasteiger partial charge in [0, 0.05) is 160 Å². The van der Waals surface area contributed by atoms with Crippen molar-refractivity contribution in [2.24, 2.45) is 148 Å². The lowest BCUT2D eigenvalue weighted by Gasteiger charge is -2.42. The van der Waals surface area contributed by atoms with E-state index in [-0.39, 0.29) is 107 Å². The number of methoxy groups -OCH3 is 1. The predicted octanol–water partition coefficient (Wildman–Crippen LogP) is 16.1. The van der Waals surface area contributed by atoms with Gasteiger partial charge in [0.15, 0.2) is 0 Å². The molecule has 6 saturated carbocycles. The lowest BCUT2D eigenvalue weighted by atomic mass is 9.73. The van der Waals surface area contributed by atoms with Crippen LogP contribution in [0.1, 0.15) is 319 Å². The van der Waals surface area contributed by atoms with E-state index in [1.165, 1.54) is 77.7 Å². The van der Waals surface area contributed by atoms with Crippen LogP contribution in [-0.2, 0) is 62.3 Å². The summed E-state index contributed by atoms with van der Waals surface area (Å²) in [6.45, 7) is 55.4. The quantitative estimate of drug-likeness (QED) is 0.101. The van der Waals surface area contributed by atoms with Gasteiger partial charge in [0.2, 0.25) is 59.1 Å². The van der Waals surface area contributed by atoms with Crippen LogP contribution in [0.3, 0.4) is 0 Å². The van der Waals surface area contributed by atoms with Crippen LogP contribution < -0.4 is 5.32 Å². The number of hydrogen-bond acceptors (Lipinski definition) is 13. The average molecular weight is 1810 g/mol. The third-order valence-electron chi connectivity index (χ3n) is 33.7. The standard InChI is InChI=1S/C19H32N2O2.C19H34N2O2.C18H30N2O2.C18H32N2O2.C16H27NO3.C15H25NO3/c1-13(2)16-7-6-14(3)10-17(16)21-12-15(11-18(21)22)19(23)20-8-4-5-9-20;1-12(2)10-20-19(23)15-9-18(22)21(11-15)17-8-14(5)6-7-16(17)13(3)4;1-12(2)15-6-5-13(3)9-16(15)20-11-14(10-17(20)21)18(22)19-7-4-8-19;1-6-19(5)18(22)14-10-17(21)20(11-14)16-9-13(4)7-8-15(16)12(2)3;1-10(2)13-6-5-11(3)7-14(13)17-9-12(8-15(17)18)16(19)20-4;1-9(2)12-5-4-10(3)6-13(12)16-8-11(15(18)19)7-14(16)17/h13-17H,4-12H2,1-3H3;12-17H,6-11H2,1-5H3,(H,20,23);12-16H,4-11H2,1-3H3;12-16H,6-11H2,1-5H3;10-14H,5-9H2,1-4H3;9-13H,4-8H2,1-3H3,(H,18,19). The zero-order chi connectivity index (χ0) is 95.0. The molecule has 24 nitrogen and oxygen atoms in total. The van der Waals surface area contributed by atoms with Crippen LogP contribution in [0.4, 0.5) is 0 Å². The molecule has 14 rings (SSSR count). The summed E-state index contributed by atoms with van der Waals surface area (Å²) < 4.78 is 4.80. The SMILES string of the molecule is CC(C)CNC(=O)C1CC(=O)N(C2CC(C)CCC2C(C)C)C1.CC1CCC(C(C)C)C(N2CC(C(=O)N3CCC3)CC2=O)C1.CC1CCC(C(C)C)C(N2CC(C(=O)N3CCCC3)CC2=O)C1.CC1CCC(C(C)C)C(N2CC(C(=O)O)CC2=O)C1.CCN(C)C(=O)C1CC(=O)N(C2CC(C)CCC2C(C)C)C1.COC(=O)C1CC(=O)N(C2CC(C)CCC2C(C)C)C1. The normalized spacial score (nSPS) is 34.4. The molecule has 129 heavy (non-hydrogen) atoms. The number of rotatable bonds is 21. The van der Waals surface area contributed by atoms with Crippen molar-refractivity contribution in [1.82, 2.24) is 49.4 Å². The smallest absolute Gasteiger partial charge is 0.310 e. The molecule has 0 radical (unpaired) electrons. The molecule has 0 bridgehead atoms. The molecule has 14 aliphatic rings. The Morgan fingerprint density at radius 2 is 0.597 bits per heavy atom. The molecule has 24 heteroatoms. The molecular formula is C105H180N10O14. The Kier molecular flexibility index (Phi) is 40.1. The zero-order valence-electron chi connectivity index (χ0n) is 84.8. The van der Waals surface area contributed by atoms with Crippen molar-refractivity contribution in [3.8, 4) is 0 Å². The molecule has 0 aromatic rings. The maximum absolute atomic E-state index is 12.6. The predicted molar refractivity (Wildman–Crippen MR) is 508 cm³/mol. The number of nitrogens with one attached hydrogen (secondary N) is 1. The van der Waals surface area contributed by atoms with Crippen molar-refractivity contribution < 1.29 is 67.4 Å². The van der Waals surface area contributed by atoms with E-state index < -0.39 is 11.9 Å². The van der Waals surface area contributed by atoms with Crippen molar-refractivity contribution in [2.45, 2.75) is 355 Å². The number of carbonyl (C=O) groups is 12. The van der Waals surface area contributed by atoms with E-state index in [1.807, 2.05) is 43.4 Å². The van der Waals surface area contributed by atoms with E-state index in [0.717, 1.165) is 90.4 Å². The second-order valence-corrected chi connectivity index (χ2v) is 46.1. The fraction of sp³-hybridized carbons (Fsp3) is 0.886. The molecule has 14 fully saturated rings. The molecule has 24 atom stereocenters. The van der Waals surface area contributed by atoms with Crippen LogP contribution in [0.25, 0.3) is 0 Å². The fourth-order valence-electron chi connectivity index (χ4n) is 25.4. The average Bonchev–Trinajstić information content (AvgIpc) is 1.60. The first-order valence-electron chi connectivity index (χ1n) is 52.1. The molecule has 10 amide bonds. The second-order valence-electron chi connectivity index (χ2n) is 46.1. The third-order valence-corrected chi connectivity index (χ3v) is 33.7. The topological polar surface area (TPSA) is 275 Å². The van der Waals surface area contributed by atoms with Crippen LogP contribution in [0.5, 0.6) is 0 Å². The number of aliphatic carboxylic acids is 1. The molecule has 8 aliphatic heterocycles. The summed E-state index contributed by atoms with van der Waals surface area (Å²) in [7, 11) is 3.23. The summed E-state index contributed by atoms with van der Waals surface area (Å²) in [4.78, 5) is 165. The summed E-state index contributed by atoms with van der Waals surface area (Å²) in [5.74, 6) is 10.7. The summed E-state index contributed by atoms with van der Waals surface area (Å²) in [5, 5.41) is 12.1. The minimum absolute atomic E-state index is 0.0390. The van der Waals surface area contributed by atoms with E-state index >= 15 is 0 Å². The van der Waals surface area contributed by atoms with Crippen LogP contribution in [0, 0.1) is 148 Å². The van der Waals surface area contributed by atoms with Gasteiger partial charge in [0.05, 0.1) is 42.6 Å². The third kappa shape index (κ3) is 27.9. The molecule has 0 aromatic carbocycles. The van der Waals surface area contributed by atoms with E-state index in [4.69, 9.17) is 9.84 Å². The van der Waals surface area contributed by atoms with Gasteiger partial charge in [-0.15, -0.1) is 0 Å². The Labute approximate surface area is 779 Å². The Morgan fingerprint density at radius 3 is 0.845 bits per heavy atom. The zero-order valence-corrected chi connectivity index (χ0v) is 84.8. The van der Waals surface area contributed by atoms with Gasteiger partial charge in [-0.25, -0.2) is 0 Å². The Hall–Kier alpha value is -6.36. The highest BCUT2D eigenvalue weighted by molar-refractivity contribution is 5.93. The fourth-order valence-corrected chi connectivity index (χ4v) is 25.4. The van der Waals surface area contributed by atoms with Crippen LogP contribution >= 0.6 is 0 Å². The Morgan fingerprint density at radius 1 is 0.357 bits per heavy atom. The molecule has 0 aromatic heterocycles. The van der Waals surface area contributed by atoms with Gasteiger partial charge in [-0.3, -0.25) is 57.5 Å². The van der Waals surface area contributed by atoms with Crippen LogP contribution in [0.2, 0.25) is 0 Å². The van der Waals surface area contributed by atoms with Gasteiger partial charge in [-0.05, 0) is 216 Å². The summed E-state index contributed by atoms with van der Waals surface area (Å²) >= 11 is 0. The molecule has 0 spiro atoms. The lowest BCUT2D eigenvalue weighted by Crippen LogP contribution is -2.48. The number of amides is 10. The molecule has 8 saturated heterocycles. The highest BCUT2D eigenvalue weighted by Crippen LogP contribution is 2.46. The summed E-state index contributed by atoms with van der Waals surface area (Å²) in [6, 6.07) is 1.92. The first-order valence-corrected chi connectivity index (χ1v) is 52.1. The first-order chi connectivity index (χ1) is 60.9. The molecule has 6 aliphatic carbocycles.